The Hall–Kier alpha value is -2.79. The second kappa shape index (κ2) is 7.45. The third-order valence-corrected chi connectivity index (χ3v) is 5.14. The van der Waals surface area contributed by atoms with Crippen LogP contribution in [0.15, 0.2) is 54.2 Å². The Morgan fingerprint density at radius 1 is 0.963 bits per heavy atom. The van der Waals surface area contributed by atoms with Gasteiger partial charge in [0, 0.05) is 23.8 Å². The van der Waals surface area contributed by atoms with E-state index in [-0.39, 0.29) is 12.5 Å². The van der Waals surface area contributed by atoms with Crippen LogP contribution < -0.4 is 10.2 Å². The number of anilines is 1. The van der Waals surface area contributed by atoms with Gasteiger partial charge in [0.25, 0.3) is 5.91 Å². The minimum atomic E-state index is -0.408. The molecule has 4 rings (SSSR count). The summed E-state index contributed by atoms with van der Waals surface area (Å²) in [5.74, 6) is -0.321. The van der Waals surface area contributed by atoms with Crippen LogP contribution in [0.5, 0.6) is 0 Å². The van der Waals surface area contributed by atoms with Crippen molar-refractivity contribution < 1.29 is 9.59 Å². The van der Waals surface area contributed by atoms with Crippen molar-refractivity contribution in [2.24, 2.45) is 0 Å². The van der Waals surface area contributed by atoms with E-state index in [1.165, 1.54) is 23.4 Å². The van der Waals surface area contributed by atoms with Gasteiger partial charge in [-0.15, -0.1) is 0 Å². The molecule has 2 aliphatic heterocycles. The zero-order valence-electron chi connectivity index (χ0n) is 14.8. The van der Waals surface area contributed by atoms with Crippen LogP contribution in [0.1, 0.15) is 24.0 Å². The molecule has 2 fully saturated rings. The fourth-order valence-corrected chi connectivity index (χ4v) is 3.54. The topological polar surface area (TPSA) is 52.7 Å². The number of imide groups is 1. The molecule has 2 aromatic rings. The number of hydrogen-bond donors (Lipinski definition) is 1. The van der Waals surface area contributed by atoms with Crippen LogP contribution in [0.4, 0.5) is 10.5 Å². The zero-order valence-corrected chi connectivity index (χ0v) is 15.6. The maximum Gasteiger partial charge on any atom is 0.329 e. The monoisotopic (exact) mass is 381 g/mol. The van der Waals surface area contributed by atoms with Gasteiger partial charge in [-0.1, -0.05) is 35.9 Å². The van der Waals surface area contributed by atoms with E-state index in [1.807, 2.05) is 24.3 Å². The van der Waals surface area contributed by atoms with Crippen LogP contribution in [-0.4, -0.2) is 29.9 Å². The Bertz CT molecular complexity index is 885. The number of hydrogen-bond acceptors (Lipinski definition) is 3. The number of carbonyl (C=O) groups is 2. The van der Waals surface area contributed by atoms with Crippen LogP contribution in [0.3, 0.4) is 0 Å². The summed E-state index contributed by atoms with van der Waals surface area (Å²) in [5.41, 5.74) is 3.22. The Morgan fingerprint density at radius 2 is 1.63 bits per heavy atom. The van der Waals surface area contributed by atoms with Crippen molar-refractivity contribution in [3.05, 3.63) is 70.4 Å². The molecule has 2 aromatic carbocycles. The largest absolute Gasteiger partial charge is 0.372 e. The van der Waals surface area contributed by atoms with Crippen LogP contribution >= 0.6 is 11.6 Å². The van der Waals surface area contributed by atoms with Crippen molar-refractivity contribution in [1.82, 2.24) is 10.2 Å². The number of halogens is 1. The van der Waals surface area contributed by atoms with Crippen LogP contribution in [-0.2, 0) is 11.3 Å². The van der Waals surface area contributed by atoms with Crippen molar-refractivity contribution in [1.29, 1.82) is 0 Å². The van der Waals surface area contributed by atoms with E-state index >= 15 is 0 Å². The maximum absolute atomic E-state index is 12.6. The number of benzene rings is 2. The highest BCUT2D eigenvalue weighted by Crippen LogP contribution is 2.22. The number of carbonyl (C=O) groups excluding carboxylic acids is 2. The predicted octanol–water partition coefficient (Wildman–Crippen LogP) is 4.03. The molecule has 0 atom stereocenters. The summed E-state index contributed by atoms with van der Waals surface area (Å²) >= 11 is 5.88. The number of urea groups is 1. The molecule has 6 heteroatoms. The van der Waals surface area contributed by atoms with Gasteiger partial charge in [-0.25, -0.2) is 4.79 Å². The minimum absolute atomic E-state index is 0.215. The molecule has 0 saturated carbocycles. The van der Waals surface area contributed by atoms with Crippen molar-refractivity contribution in [2.45, 2.75) is 19.4 Å². The Morgan fingerprint density at radius 3 is 2.30 bits per heavy atom. The van der Waals surface area contributed by atoms with E-state index in [4.69, 9.17) is 11.6 Å². The average Bonchev–Trinajstić information content (AvgIpc) is 3.29. The summed E-state index contributed by atoms with van der Waals surface area (Å²) in [6, 6.07) is 14.8. The normalized spacial score (nSPS) is 18.5. The Labute approximate surface area is 163 Å². The first-order chi connectivity index (χ1) is 13.1. The van der Waals surface area contributed by atoms with E-state index in [0.29, 0.717) is 10.7 Å². The summed E-state index contributed by atoms with van der Waals surface area (Å²) in [6.45, 7) is 2.40. The summed E-state index contributed by atoms with van der Waals surface area (Å²) in [6.07, 6.45) is 4.18. The molecule has 0 radical (unpaired) electrons. The molecule has 0 bridgehead atoms. The quantitative estimate of drug-likeness (QED) is 0.642. The van der Waals surface area contributed by atoms with Gasteiger partial charge in [0.05, 0.1) is 6.54 Å². The molecule has 5 nitrogen and oxygen atoms in total. The third kappa shape index (κ3) is 3.83. The minimum Gasteiger partial charge on any atom is -0.372 e. The molecule has 138 valence electrons. The van der Waals surface area contributed by atoms with E-state index < -0.39 is 6.03 Å². The summed E-state index contributed by atoms with van der Waals surface area (Å²) < 4.78 is 0. The Balaban J connectivity index is 1.48. The van der Waals surface area contributed by atoms with Gasteiger partial charge in [-0.2, -0.15) is 0 Å². The van der Waals surface area contributed by atoms with Crippen LogP contribution in [0.2, 0.25) is 5.02 Å². The van der Waals surface area contributed by atoms with Crippen LogP contribution in [0.25, 0.3) is 6.08 Å². The molecular weight excluding hydrogens is 362 g/mol. The van der Waals surface area contributed by atoms with Crippen molar-refractivity contribution in [2.75, 3.05) is 18.0 Å². The van der Waals surface area contributed by atoms with Gasteiger partial charge in [-0.05, 0) is 54.3 Å². The van der Waals surface area contributed by atoms with Gasteiger partial charge >= 0.3 is 6.03 Å². The van der Waals surface area contributed by atoms with Crippen molar-refractivity contribution in [3.8, 4) is 0 Å². The molecule has 0 aliphatic carbocycles. The average molecular weight is 382 g/mol. The van der Waals surface area contributed by atoms with E-state index in [2.05, 4.69) is 22.3 Å². The highest BCUT2D eigenvalue weighted by Gasteiger charge is 2.33. The second-order valence-corrected chi connectivity index (χ2v) is 7.23. The highest BCUT2D eigenvalue weighted by molar-refractivity contribution is 6.30. The SMILES string of the molecule is O=C1NC(=Cc2ccc(N3CCCC3)cc2)C(=O)N1Cc1ccc(Cl)cc1. The number of rotatable bonds is 4. The lowest BCUT2D eigenvalue weighted by Crippen LogP contribution is -2.30. The maximum atomic E-state index is 12.6. The molecule has 27 heavy (non-hydrogen) atoms. The summed E-state index contributed by atoms with van der Waals surface area (Å²) in [4.78, 5) is 28.4. The van der Waals surface area contributed by atoms with Gasteiger partial charge < -0.3 is 10.2 Å². The first kappa shape index (κ1) is 17.6. The molecule has 0 unspecified atom stereocenters. The zero-order chi connectivity index (χ0) is 18.8. The lowest BCUT2D eigenvalue weighted by Gasteiger charge is -2.17. The molecule has 1 N–H and O–H groups in total. The third-order valence-electron chi connectivity index (χ3n) is 4.89. The molecular formula is C21H20ClN3O2. The lowest BCUT2D eigenvalue weighted by atomic mass is 10.1. The van der Waals surface area contributed by atoms with Gasteiger partial charge in [0.15, 0.2) is 0 Å². The second-order valence-electron chi connectivity index (χ2n) is 6.79. The van der Waals surface area contributed by atoms with Crippen LogP contribution in [0, 0.1) is 0 Å². The van der Waals surface area contributed by atoms with E-state index in [1.54, 1.807) is 18.2 Å². The van der Waals surface area contributed by atoms with E-state index in [0.717, 1.165) is 24.2 Å². The molecule has 0 spiro atoms. The first-order valence-electron chi connectivity index (χ1n) is 9.04. The van der Waals surface area contributed by atoms with Crippen molar-refractivity contribution >= 4 is 35.3 Å². The molecule has 2 aliphatic rings. The fraction of sp³-hybridized carbons (Fsp3) is 0.238. The molecule has 2 saturated heterocycles. The molecule has 2 heterocycles. The van der Waals surface area contributed by atoms with Crippen molar-refractivity contribution in [3.63, 3.8) is 0 Å². The number of amides is 3. The number of nitrogens with zero attached hydrogens (tertiary/aromatic N) is 2. The highest BCUT2D eigenvalue weighted by atomic mass is 35.5. The lowest BCUT2D eigenvalue weighted by molar-refractivity contribution is -0.123. The molecule has 0 aromatic heterocycles. The summed E-state index contributed by atoms with van der Waals surface area (Å²) in [5, 5.41) is 3.29. The summed E-state index contributed by atoms with van der Waals surface area (Å²) in [7, 11) is 0. The number of nitrogens with one attached hydrogen (secondary N) is 1. The van der Waals surface area contributed by atoms with Gasteiger partial charge in [-0.3, -0.25) is 9.69 Å². The first-order valence-corrected chi connectivity index (χ1v) is 9.42. The molecule has 3 amide bonds. The van der Waals surface area contributed by atoms with Gasteiger partial charge in [0.2, 0.25) is 0 Å². The van der Waals surface area contributed by atoms with Gasteiger partial charge in [0.1, 0.15) is 5.70 Å². The predicted molar refractivity (Wildman–Crippen MR) is 106 cm³/mol. The van der Waals surface area contributed by atoms with E-state index in [9.17, 15) is 9.59 Å². The Kier molecular flexibility index (Phi) is 4.86. The smallest absolute Gasteiger partial charge is 0.329 e. The standard InChI is InChI=1S/C21H20ClN3O2/c22-17-7-3-16(4-8-17)14-25-20(26)19(23-21(25)27)13-15-5-9-18(10-6-15)24-11-1-2-12-24/h3-10,13H,1-2,11-12,14H2,(H,23,27). The fourth-order valence-electron chi connectivity index (χ4n) is 3.41.